The van der Waals surface area contributed by atoms with E-state index < -0.39 is 10.0 Å². The van der Waals surface area contributed by atoms with Crippen LogP contribution in [0.25, 0.3) is 0 Å². The Bertz CT molecular complexity index is 587. The van der Waals surface area contributed by atoms with Crippen LogP contribution in [0.4, 0.5) is 5.69 Å². The Kier molecular flexibility index (Phi) is 3.93. The van der Waals surface area contributed by atoms with Crippen molar-refractivity contribution < 1.29 is 8.42 Å². The van der Waals surface area contributed by atoms with E-state index >= 15 is 0 Å². The zero-order chi connectivity index (χ0) is 13.2. The van der Waals surface area contributed by atoms with Crippen LogP contribution >= 0.6 is 15.9 Å². The molecule has 6 heteroatoms. The summed E-state index contributed by atoms with van der Waals surface area (Å²) in [7, 11) is -3.38. The molecule has 0 spiro atoms. The van der Waals surface area contributed by atoms with Crippen molar-refractivity contribution in [1.29, 1.82) is 5.26 Å². The molecule has 1 aliphatic carbocycles. The molecule has 0 bridgehead atoms. The maximum absolute atomic E-state index is 12.1. The molecule has 1 saturated carbocycles. The van der Waals surface area contributed by atoms with E-state index in [1.54, 1.807) is 18.2 Å². The van der Waals surface area contributed by atoms with Crippen LogP contribution in [0.2, 0.25) is 0 Å². The standard InChI is InChI=1S/C12H13BrN2O2S/c13-10-6-5-9(8-14)12(7-10)15-18(16,17)11-3-1-2-4-11/h5-7,11,15H,1-4H2. The predicted octanol–water partition coefficient (Wildman–Crippen LogP) is 3.01. The molecule has 96 valence electrons. The second kappa shape index (κ2) is 5.29. The third kappa shape index (κ3) is 2.85. The van der Waals surface area contributed by atoms with Crippen molar-refractivity contribution >= 4 is 31.6 Å². The average Bonchev–Trinajstić information content (AvgIpc) is 2.83. The van der Waals surface area contributed by atoms with Gasteiger partial charge < -0.3 is 0 Å². The number of nitriles is 1. The second-order valence-corrected chi connectivity index (χ2v) is 7.23. The summed E-state index contributed by atoms with van der Waals surface area (Å²) in [5, 5.41) is 8.64. The molecule has 0 radical (unpaired) electrons. The molecule has 1 N–H and O–H groups in total. The predicted molar refractivity (Wildman–Crippen MR) is 73.7 cm³/mol. The Labute approximate surface area is 115 Å². The molecule has 1 aromatic rings. The number of nitrogens with zero attached hydrogens (tertiary/aromatic N) is 1. The first-order valence-electron chi connectivity index (χ1n) is 5.74. The number of anilines is 1. The summed E-state index contributed by atoms with van der Waals surface area (Å²) in [5.74, 6) is 0. The normalized spacial score (nSPS) is 16.4. The third-order valence-corrected chi connectivity index (χ3v) is 5.44. The lowest BCUT2D eigenvalue weighted by atomic mass is 10.2. The first-order valence-corrected chi connectivity index (χ1v) is 8.08. The topological polar surface area (TPSA) is 70.0 Å². The van der Waals surface area contributed by atoms with E-state index in [2.05, 4.69) is 20.7 Å². The highest BCUT2D eigenvalue weighted by atomic mass is 79.9. The largest absolute Gasteiger partial charge is 0.282 e. The van der Waals surface area contributed by atoms with Gasteiger partial charge in [0.15, 0.2) is 0 Å². The molecular formula is C12H13BrN2O2S. The van der Waals surface area contributed by atoms with Gasteiger partial charge in [-0.1, -0.05) is 28.8 Å². The van der Waals surface area contributed by atoms with E-state index in [0.717, 1.165) is 17.3 Å². The molecule has 18 heavy (non-hydrogen) atoms. The third-order valence-electron chi connectivity index (χ3n) is 3.10. The second-order valence-electron chi connectivity index (χ2n) is 4.36. The number of rotatable bonds is 3. The Morgan fingerprint density at radius 2 is 2.00 bits per heavy atom. The van der Waals surface area contributed by atoms with Gasteiger partial charge in [-0.05, 0) is 31.0 Å². The molecule has 0 heterocycles. The SMILES string of the molecule is N#Cc1ccc(Br)cc1NS(=O)(=O)C1CCCC1. The first-order chi connectivity index (χ1) is 8.53. The summed E-state index contributed by atoms with van der Waals surface area (Å²) in [5.41, 5.74) is 0.679. The van der Waals surface area contributed by atoms with Crippen molar-refractivity contribution in [3.8, 4) is 6.07 Å². The van der Waals surface area contributed by atoms with Crippen LogP contribution < -0.4 is 4.72 Å². The smallest absolute Gasteiger partial charge is 0.235 e. The number of hydrogen-bond acceptors (Lipinski definition) is 3. The van der Waals surface area contributed by atoms with Crippen LogP contribution in [-0.2, 0) is 10.0 Å². The Morgan fingerprint density at radius 1 is 1.33 bits per heavy atom. The molecule has 2 rings (SSSR count). The lowest BCUT2D eigenvalue weighted by Gasteiger charge is -2.14. The summed E-state index contributed by atoms with van der Waals surface area (Å²) in [6.07, 6.45) is 3.31. The number of benzene rings is 1. The number of nitrogens with one attached hydrogen (secondary N) is 1. The molecular weight excluding hydrogens is 316 g/mol. The minimum atomic E-state index is -3.38. The van der Waals surface area contributed by atoms with E-state index in [1.807, 2.05) is 6.07 Å². The minimum Gasteiger partial charge on any atom is -0.282 e. The van der Waals surface area contributed by atoms with E-state index in [4.69, 9.17) is 5.26 Å². The quantitative estimate of drug-likeness (QED) is 0.927. The highest BCUT2D eigenvalue weighted by Gasteiger charge is 2.29. The van der Waals surface area contributed by atoms with Gasteiger partial charge >= 0.3 is 0 Å². The van der Waals surface area contributed by atoms with Crippen molar-refractivity contribution in [2.45, 2.75) is 30.9 Å². The fraction of sp³-hybridized carbons (Fsp3) is 0.417. The van der Waals surface area contributed by atoms with E-state index in [9.17, 15) is 8.42 Å². The van der Waals surface area contributed by atoms with Gasteiger partial charge in [-0.25, -0.2) is 8.42 Å². The zero-order valence-corrected chi connectivity index (χ0v) is 12.1. The summed E-state index contributed by atoms with van der Waals surface area (Å²) < 4.78 is 27.6. The Hall–Kier alpha value is -1.06. The molecule has 1 fully saturated rings. The first kappa shape index (κ1) is 13.4. The van der Waals surface area contributed by atoms with Gasteiger partial charge in [0, 0.05) is 4.47 Å². The van der Waals surface area contributed by atoms with Crippen molar-refractivity contribution in [2.24, 2.45) is 0 Å². The van der Waals surface area contributed by atoms with Crippen molar-refractivity contribution in [1.82, 2.24) is 0 Å². The maximum atomic E-state index is 12.1. The summed E-state index contributed by atoms with van der Waals surface area (Å²) in [6.45, 7) is 0. The van der Waals surface area contributed by atoms with Gasteiger partial charge in [-0.15, -0.1) is 0 Å². The molecule has 0 amide bonds. The summed E-state index contributed by atoms with van der Waals surface area (Å²) >= 11 is 3.27. The molecule has 0 unspecified atom stereocenters. The van der Waals surface area contributed by atoms with Gasteiger partial charge in [-0.3, -0.25) is 4.72 Å². The highest BCUT2D eigenvalue weighted by molar-refractivity contribution is 9.10. The van der Waals surface area contributed by atoms with Gasteiger partial charge in [0.2, 0.25) is 10.0 Å². The Balaban J connectivity index is 2.28. The molecule has 0 aromatic heterocycles. The fourth-order valence-electron chi connectivity index (χ4n) is 2.13. The lowest BCUT2D eigenvalue weighted by molar-refractivity contribution is 0.585. The van der Waals surface area contributed by atoms with Crippen LogP contribution in [-0.4, -0.2) is 13.7 Å². The molecule has 0 atom stereocenters. The van der Waals surface area contributed by atoms with Gasteiger partial charge in [0.1, 0.15) is 6.07 Å². The molecule has 4 nitrogen and oxygen atoms in total. The van der Waals surface area contributed by atoms with Crippen LogP contribution in [0.3, 0.4) is 0 Å². The Morgan fingerprint density at radius 3 is 2.61 bits per heavy atom. The zero-order valence-electron chi connectivity index (χ0n) is 9.69. The van der Waals surface area contributed by atoms with Gasteiger partial charge in [0.05, 0.1) is 16.5 Å². The van der Waals surface area contributed by atoms with Gasteiger partial charge in [-0.2, -0.15) is 5.26 Å². The number of sulfonamides is 1. The molecule has 1 aliphatic rings. The summed E-state index contributed by atoms with van der Waals surface area (Å²) in [4.78, 5) is 0. The van der Waals surface area contributed by atoms with Crippen molar-refractivity contribution in [3.63, 3.8) is 0 Å². The molecule has 1 aromatic carbocycles. The van der Waals surface area contributed by atoms with Crippen molar-refractivity contribution in [2.75, 3.05) is 4.72 Å². The number of halogens is 1. The average molecular weight is 329 g/mol. The van der Waals surface area contributed by atoms with Crippen LogP contribution in [0.1, 0.15) is 31.2 Å². The summed E-state index contributed by atoms with van der Waals surface area (Å²) in [6, 6.07) is 6.91. The molecule has 0 saturated heterocycles. The van der Waals surface area contributed by atoms with Crippen LogP contribution in [0, 0.1) is 11.3 Å². The van der Waals surface area contributed by atoms with Crippen LogP contribution in [0.15, 0.2) is 22.7 Å². The van der Waals surface area contributed by atoms with E-state index in [1.165, 1.54) is 0 Å². The van der Waals surface area contributed by atoms with Crippen molar-refractivity contribution in [3.05, 3.63) is 28.2 Å². The maximum Gasteiger partial charge on any atom is 0.235 e. The van der Waals surface area contributed by atoms with Gasteiger partial charge in [0.25, 0.3) is 0 Å². The minimum absolute atomic E-state index is 0.331. The monoisotopic (exact) mass is 328 g/mol. The fourth-order valence-corrected chi connectivity index (χ4v) is 4.09. The molecule has 0 aliphatic heterocycles. The van der Waals surface area contributed by atoms with E-state index in [0.29, 0.717) is 24.1 Å². The van der Waals surface area contributed by atoms with Crippen LogP contribution in [0.5, 0.6) is 0 Å². The number of hydrogen-bond donors (Lipinski definition) is 1. The lowest BCUT2D eigenvalue weighted by Crippen LogP contribution is -2.25. The highest BCUT2D eigenvalue weighted by Crippen LogP contribution is 2.28. The van der Waals surface area contributed by atoms with E-state index in [-0.39, 0.29) is 5.25 Å².